The number of aryl methyl sites for hydroxylation is 3. The molecular formula is C13H18N6Si. The summed E-state index contributed by atoms with van der Waals surface area (Å²) in [5.41, 5.74) is 6.62. The van der Waals surface area contributed by atoms with Crippen LogP contribution in [0.3, 0.4) is 0 Å². The lowest BCUT2D eigenvalue weighted by molar-refractivity contribution is 0.848. The van der Waals surface area contributed by atoms with Crippen LogP contribution in [0, 0.1) is 20.8 Å². The highest BCUT2D eigenvalue weighted by atomic mass is 28.1. The Labute approximate surface area is 119 Å². The first-order valence-corrected chi connectivity index (χ1v) is 7.57. The Kier molecular flexibility index (Phi) is 2.86. The second-order valence-electron chi connectivity index (χ2n) is 5.28. The Hall–Kier alpha value is -2.15. The van der Waals surface area contributed by atoms with Crippen molar-refractivity contribution >= 4 is 10.2 Å². The van der Waals surface area contributed by atoms with Crippen LogP contribution in [-0.4, -0.2) is 40.8 Å². The van der Waals surface area contributed by atoms with Gasteiger partial charge in [-0.2, -0.15) is 15.3 Å². The van der Waals surface area contributed by atoms with Crippen molar-refractivity contribution < 1.29 is 0 Å². The molecule has 7 heteroatoms. The number of hydrogen-bond donors (Lipinski definition) is 3. The fourth-order valence-electron chi connectivity index (χ4n) is 3.03. The van der Waals surface area contributed by atoms with Gasteiger partial charge >= 0.3 is 0 Å². The van der Waals surface area contributed by atoms with Crippen LogP contribution in [0.15, 0.2) is 18.6 Å². The number of hydrogen-bond acceptors (Lipinski definition) is 3. The van der Waals surface area contributed by atoms with E-state index in [2.05, 4.69) is 30.6 Å². The number of H-pyrrole nitrogens is 3. The van der Waals surface area contributed by atoms with E-state index in [1.165, 1.54) is 16.7 Å². The molecule has 6 nitrogen and oxygen atoms in total. The normalized spacial score (nSPS) is 12.2. The predicted octanol–water partition coefficient (Wildman–Crippen LogP) is 0.438. The maximum atomic E-state index is 4.30. The van der Waals surface area contributed by atoms with E-state index >= 15 is 0 Å². The summed E-state index contributed by atoms with van der Waals surface area (Å²) >= 11 is 0. The van der Waals surface area contributed by atoms with Crippen LogP contribution in [0.2, 0.25) is 0 Å². The minimum atomic E-state index is -0.203. The molecule has 3 heterocycles. The van der Waals surface area contributed by atoms with E-state index in [1.807, 2.05) is 39.4 Å². The third-order valence-electron chi connectivity index (χ3n) is 4.11. The monoisotopic (exact) mass is 286 g/mol. The van der Waals surface area contributed by atoms with Crippen molar-refractivity contribution in [1.82, 2.24) is 30.6 Å². The zero-order chi connectivity index (χ0) is 14.3. The molecule has 0 saturated heterocycles. The van der Waals surface area contributed by atoms with Crippen molar-refractivity contribution in [3.05, 3.63) is 52.4 Å². The van der Waals surface area contributed by atoms with E-state index in [0.717, 1.165) is 27.3 Å². The minimum Gasteiger partial charge on any atom is -0.285 e. The largest absolute Gasteiger partial charge is 0.285 e. The molecule has 0 spiro atoms. The third kappa shape index (κ3) is 1.66. The number of rotatable bonds is 3. The summed E-state index contributed by atoms with van der Waals surface area (Å²) in [6.07, 6.45) is 5.96. The minimum absolute atomic E-state index is 0.203. The number of nitrogens with one attached hydrogen (secondary N) is 3. The van der Waals surface area contributed by atoms with Crippen LogP contribution in [0.25, 0.3) is 0 Å². The van der Waals surface area contributed by atoms with Gasteiger partial charge in [-0.05, 0) is 20.8 Å². The highest BCUT2D eigenvalue weighted by molar-refractivity contribution is 6.21. The first-order valence-electron chi connectivity index (χ1n) is 6.57. The van der Waals surface area contributed by atoms with Crippen molar-refractivity contribution in [2.45, 2.75) is 25.8 Å². The molecule has 0 amide bonds. The van der Waals surface area contributed by atoms with Gasteiger partial charge < -0.3 is 0 Å². The van der Waals surface area contributed by atoms with Crippen molar-refractivity contribution in [2.75, 3.05) is 0 Å². The third-order valence-corrected chi connectivity index (χ3v) is 5.72. The summed E-state index contributed by atoms with van der Waals surface area (Å²) in [4.78, 5) is 0. The van der Waals surface area contributed by atoms with E-state index in [-0.39, 0.29) is 5.04 Å². The Morgan fingerprint density at radius 1 is 0.750 bits per heavy atom. The second-order valence-corrected chi connectivity index (χ2v) is 6.78. The number of nitrogens with zero attached hydrogens (tertiary/aromatic N) is 3. The molecule has 0 aliphatic carbocycles. The molecule has 3 aromatic heterocycles. The Balaban J connectivity index is 2.32. The molecule has 0 atom stereocenters. The van der Waals surface area contributed by atoms with Crippen molar-refractivity contribution in [1.29, 1.82) is 0 Å². The molecule has 0 unspecified atom stereocenters. The highest BCUT2D eigenvalue weighted by Crippen LogP contribution is 2.39. The summed E-state index contributed by atoms with van der Waals surface area (Å²) in [6.45, 7) is 6.09. The summed E-state index contributed by atoms with van der Waals surface area (Å²) in [6, 6.07) is 0. The van der Waals surface area contributed by atoms with Crippen molar-refractivity contribution in [3.8, 4) is 0 Å². The standard InChI is InChI=1S/C13H18N6Si/c1-7-10(4-14-17-7)13(20,11-5-15-18-8(11)2)12-6-16-19-9(12)3/h4-6H,1-3,20H3,(H,14,17)(H,15,18)(H,16,19). The molecule has 0 bridgehead atoms. The molecule has 3 aromatic rings. The maximum absolute atomic E-state index is 4.30. The molecule has 3 N–H and O–H groups in total. The van der Waals surface area contributed by atoms with Crippen LogP contribution in [-0.2, 0) is 5.04 Å². The Bertz CT molecular complexity index is 639. The van der Waals surface area contributed by atoms with Gasteiger partial charge in [0, 0.05) is 50.6 Å². The lowest BCUT2D eigenvalue weighted by Crippen LogP contribution is -2.31. The summed E-state index contributed by atoms with van der Waals surface area (Å²) in [5.74, 6) is 0. The molecule has 3 rings (SSSR count). The van der Waals surface area contributed by atoms with Gasteiger partial charge in [0.05, 0.1) is 17.1 Å². The van der Waals surface area contributed by atoms with Crippen LogP contribution in [0.5, 0.6) is 0 Å². The molecular weight excluding hydrogens is 268 g/mol. The molecule has 0 aromatic carbocycles. The van der Waals surface area contributed by atoms with Crippen molar-refractivity contribution in [3.63, 3.8) is 0 Å². The molecule has 0 aliphatic heterocycles. The first-order chi connectivity index (χ1) is 9.55. The van der Waals surface area contributed by atoms with E-state index < -0.39 is 0 Å². The van der Waals surface area contributed by atoms with Gasteiger partial charge in [-0.1, -0.05) is 0 Å². The molecule has 20 heavy (non-hydrogen) atoms. The van der Waals surface area contributed by atoms with Crippen LogP contribution in [0.1, 0.15) is 33.8 Å². The van der Waals surface area contributed by atoms with Gasteiger partial charge in [0.25, 0.3) is 0 Å². The summed E-state index contributed by atoms with van der Waals surface area (Å²) in [5, 5.41) is 21.6. The zero-order valence-corrected chi connectivity index (χ0v) is 14.1. The molecule has 0 fully saturated rings. The van der Waals surface area contributed by atoms with Gasteiger partial charge in [-0.3, -0.25) is 15.3 Å². The number of aromatic nitrogens is 6. The van der Waals surface area contributed by atoms with Crippen molar-refractivity contribution in [2.24, 2.45) is 0 Å². The zero-order valence-electron chi connectivity index (χ0n) is 12.1. The lowest BCUT2D eigenvalue weighted by atomic mass is 9.84. The SMILES string of the molecule is Cc1n[nH]cc1C([SiH3])(c1c[nH]nc1C)c1c[nH]nc1C. The molecule has 0 radical (unpaired) electrons. The smallest absolute Gasteiger partial charge is 0.0632 e. The molecule has 104 valence electrons. The van der Waals surface area contributed by atoms with Crippen LogP contribution < -0.4 is 0 Å². The van der Waals surface area contributed by atoms with Gasteiger partial charge in [0.15, 0.2) is 0 Å². The first kappa shape index (κ1) is 12.9. The van der Waals surface area contributed by atoms with Crippen LogP contribution >= 0.6 is 0 Å². The topological polar surface area (TPSA) is 86.0 Å². The summed E-state index contributed by atoms with van der Waals surface area (Å²) in [7, 11) is 0.893. The fraction of sp³-hybridized carbons (Fsp3) is 0.308. The molecule has 0 saturated carbocycles. The second kappa shape index (κ2) is 4.45. The Morgan fingerprint density at radius 3 is 1.25 bits per heavy atom. The van der Waals surface area contributed by atoms with E-state index in [1.54, 1.807) is 0 Å². The quantitative estimate of drug-likeness (QED) is 0.611. The maximum Gasteiger partial charge on any atom is 0.0632 e. The molecule has 0 aliphatic rings. The van der Waals surface area contributed by atoms with Gasteiger partial charge in [0.1, 0.15) is 0 Å². The van der Waals surface area contributed by atoms with E-state index in [9.17, 15) is 0 Å². The van der Waals surface area contributed by atoms with Gasteiger partial charge in [-0.15, -0.1) is 0 Å². The Morgan fingerprint density at radius 2 is 1.05 bits per heavy atom. The summed E-state index contributed by atoms with van der Waals surface area (Å²) < 4.78 is 0. The van der Waals surface area contributed by atoms with Gasteiger partial charge in [-0.25, -0.2) is 0 Å². The number of aromatic amines is 3. The van der Waals surface area contributed by atoms with Gasteiger partial charge in [0.2, 0.25) is 0 Å². The predicted molar refractivity (Wildman–Crippen MR) is 79.8 cm³/mol. The average molecular weight is 286 g/mol. The highest BCUT2D eigenvalue weighted by Gasteiger charge is 2.37. The average Bonchev–Trinajstić information content (AvgIpc) is 3.10. The van der Waals surface area contributed by atoms with Crippen LogP contribution in [0.4, 0.5) is 0 Å². The van der Waals surface area contributed by atoms with E-state index in [4.69, 9.17) is 0 Å². The lowest BCUT2D eigenvalue weighted by Gasteiger charge is -2.29. The van der Waals surface area contributed by atoms with E-state index in [0.29, 0.717) is 0 Å². The fourth-order valence-corrected chi connectivity index (χ4v) is 4.55.